The Bertz CT molecular complexity index is 366. The molecule has 1 aromatic rings. The van der Waals surface area contributed by atoms with E-state index in [9.17, 15) is 9.18 Å². The zero-order valence-corrected chi connectivity index (χ0v) is 9.27. The molecule has 81 valence electrons. The molecule has 0 aliphatic carbocycles. The van der Waals surface area contributed by atoms with Gasteiger partial charge in [0, 0.05) is 11.1 Å². The first-order chi connectivity index (χ1) is 7.06. The molecule has 0 saturated carbocycles. The maximum absolute atomic E-state index is 12.7. The molecule has 1 aromatic carbocycles. The summed E-state index contributed by atoms with van der Waals surface area (Å²) in [4.78, 5) is 11.4. The molecule has 4 heteroatoms. The maximum atomic E-state index is 12.7. The van der Waals surface area contributed by atoms with Crippen LogP contribution in [0.1, 0.15) is 25.3 Å². The third-order valence-electron chi connectivity index (χ3n) is 2.00. The van der Waals surface area contributed by atoms with Gasteiger partial charge < -0.3 is 4.74 Å². The lowest BCUT2D eigenvalue weighted by Crippen LogP contribution is -2.13. The first-order valence-corrected chi connectivity index (χ1v) is 4.97. The molecule has 0 spiro atoms. The van der Waals surface area contributed by atoms with Crippen LogP contribution in [0.2, 0.25) is 5.02 Å². The molecule has 0 bridgehead atoms. The van der Waals surface area contributed by atoms with E-state index < -0.39 is 11.7 Å². The van der Waals surface area contributed by atoms with Gasteiger partial charge in [-0.2, -0.15) is 0 Å². The Balaban J connectivity index is 2.91. The highest BCUT2D eigenvalue weighted by Gasteiger charge is 2.19. The van der Waals surface area contributed by atoms with Gasteiger partial charge in [0.2, 0.25) is 0 Å². The Morgan fingerprint density at radius 3 is 2.93 bits per heavy atom. The highest BCUT2D eigenvalue weighted by Crippen LogP contribution is 2.25. The van der Waals surface area contributed by atoms with Gasteiger partial charge in [-0.05, 0) is 31.5 Å². The quantitative estimate of drug-likeness (QED) is 0.745. The lowest BCUT2D eigenvalue weighted by atomic mass is 10.0. The van der Waals surface area contributed by atoms with Gasteiger partial charge in [0.05, 0.1) is 12.5 Å². The maximum Gasteiger partial charge on any atom is 0.313 e. The Morgan fingerprint density at radius 2 is 2.40 bits per heavy atom. The van der Waals surface area contributed by atoms with E-state index in [2.05, 4.69) is 6.07 Å². The molecule has 0 N–H and O–H groups in total. The molecule has 1 radical (unpaired) electrons. The Kier molecular flexibility index (Phi) is 4.09. The lowest BCUT2D eigenvalue weighted by Gasteiger charge is -2.11. The van der Waals surface area contributed by atoms with E-state index in [1.165, 1.54) is 6.07 Å². The minimum absolute atomic E-state index is 0.215. The van der Waals surface area contributed by atoms with Crippen LogP contribution in [0.4, 0.5) is 4.39 Å². The van der Waals surface area contributed by atoms with Crippen LogP contribution >= 0.6 is 11.6 Å². The van der Waals surface area contributed by atoms with Crippen LogP contribution in [0.15, 0.2) is 12.1 Å². The summed E-state index contributed by atoms with van der Waals surface area (Å²) in [7, 11) is 0. The van der Waals surface area contributed by atoms with Gasteiger partial charge >= 0.3 is 5.97 Å². The van der Waals surface area contributed by atoms with Crippen molar-refractivity contribution in [2.75, 3.05) is 6.61 Å². The summed E-state index contributed by atoms with van der Waals surface area (Å²) in [6.07, 6.45) is 0. The second-order valence-corrected chi connectivity index (χ2v) is 3.47. The van der Waals surface area contributed by atoms with Gasteiger partial charge in [-0.15, -0.1) is 0 Å². The predicted molar refractivity (Wildman–Crippen MR) is 55.3 cm³/mol. The summed E-state index contributed by atoms with van der Waals surface area (Å²) < 4.78 is 17.5. The number of carbonyl (C=O) groups excluding carboxylic acids is 1. The molecule has 0 saturated heterocycles. The molecule has 1 rings (SSSR count). The van der Waals surface area contributed by atoms with Crippen molar-refractivity contribution in [3.63, 3.8) is 0 Å². The fraction of sp³-hybridized carbons (Fsp3) is 0.364. The summed E-state index contributed by atoms with van der Waals surface area (Å²) in [6, 6.07) is 4.87. The van der Waals surface area contributed by atoms with Crippen molar-refractivity contribution in [2.24, 2.45) is 0 Å². The van der Waals surface area contributed by atoms with Crippen LogP contribution in [0.5, 0.6) is 0 Å². The number of hydrogen-bond donors (Lipinski definition) is 0. The minimum atomic E-state index is -0.542. The van der Waals surface area contributed by atoms with Gasteiger partial charge in [0.25, 0.3) is 0 Å². The van der Waals surface area contributed by atoms with E-state index in [4.69, 9.17) is 16.3 Å². The topological polar surface area (TPSA) is 26.3 Å². The van der Waals surface area contributed by atoms with Gasteiger partial charge in [0.1, 0.15) is 5.82 Å². The zero-order valence-electron chi connectivity index (χ0n) is 8.51. The average molecular weight is 230 g/mol. The molecule has 0 heterocycles. The molecule has 0 aliphatic heterocycles. The molecule has 15 heavy (non-hydrogen) atoms. The van der Waals surface area contributed by atoms with Crippen molar-refractivity contribution in [3.05, 3.63) is 34.6 Å². The average Bonchev–Trinajstić information content (AvgIpc) is 2.17. The third-order valence-corrected chi connectivity index (χ3v) is 2.33. The van der Waals surface area contributed by atoms with Crippen molar-refractivity contribution in [1.29, 1.82) is 0 Å². The van der Waals surface area contributed by atoms with E-state index >= 15 is 0 Å². The highest BCUT2D eigenvalue weighted by molar-refractivity contribution is 6.31. The van der Waals surface area contributed by atoms with Crippen molar-refractivity contribution < 1.29 is 13.9 Å². The van der Waals surface area contributed by atoms with E-state index in [0.717, 1.165) is 6.07 Å². The van der Waals surface area contributed by atoms with E-state index in [-0.39, 0.29) is 11.0 Å². The van der Waals surface area contributed by atoms with Gasteiger partial charge in [-0.1, -0.05) is 11.6 Å². The second kappa shape index (κ2) is 5.12. The van der Waals surface area contributed by atoms with Gasteiger partial charge in [-0.3, -0.25) is 4.79 Å². The van der Waals surface area contributed by atoms with Crippen LogP contribution in [-0.4, -0.2) is 12.6 Å². The lowest BCUT2D eigenvalue weighted by molar-refractivity contribution is -0.144. The Labute approximate surface area is 93.0 Å². The van der Waals surface area contributed by atoms with Crippen LogP contribution in [0, 0.1) is 11.9 Å². The van der Waals surface area contributed by atoms with Crippen LogP contribution in [-0.2, 0) is 9.53 Å². The number of ether oxygens (including phenoxy) is 1. The van der Waals surface area contributed by atoms with Crippen molar-refractivity contribution in [1.82, 2.24) is 0 Å². The molecular formula is C11H11ClFO2. The first kappa shape index (κ1) is 12.0. The number of hydrogen-bond acceptors (Lipinski definition) is 2. The standard InChI is InChI=1S/C11H11ClFO2/c1-3-15-11(14)7(2)9-5-4-8(13)6-10(9)12/h5-7H,3H2,1-2H3. The molecule has 0 aromatic heterocycles. The minimum Gasteiger partial charge on any atom is -0.466 e. The van der Waals surface area contributed by atoms with Crippen LogP contribution < -0.4 is 0 Å². The molecule has 1 unspecified atom stereocenters. The van der Waals surface area contributed by atoms with Crippen LogP contribution in [0.25, 0.3) is 0 Å². The number of halogens is 2. The Morgan fingerprint density at radius 1 is 1.73 bits per heavy atom. The predicted octanol–water partition coefficient (Wildman–Crippen LogP) is 2.95. The fourth-order valence-electron chi connectivity index (χ4n) is 1.18. The molecule has 1 atom stereocenters. The highest BCUT2D eigenvalue weighted by atomic mass is 35.5. The zero-order chi connectivity index (χ0) is 11.4. The summed E-state index contributed by atoms with van der Waals surface area (Å²) in [6.45, 7) is 3.69. The summed E-state index contributed by atoms with van der Waals surface area (Å²) in [5, 5.41) is 0.215. The molecule has 0 amide bonds. The molecule has 0 fully saturated rings. The number of carbonyl (C=O) groups is 1. The van der Waals surface area contributed by atoms with Crippen molar-refractivity contribution in [3.8, 4) is 0 Å². The van der Waals surface area contributed by atoms with E-state index in [1.807, 2.05) is 0 Å². The Hall–Kier alpha value is -1.09. The second-order valence-electron chi connectivity index (χ2n) is 3.06. The van der Waals surface area contributed by atoms with Gasteiger partial charge in [-0.25, -0.2) is 4.39 Å². The first-order valence-electron chi connectivity index (χ1n) is 4.59. The summed E-state index contributed by atoms with van der Waals surface area (Å²) >= 11 is 5.80. The van der Waals surface area contributed by atoms with Gasteiger partial charge in [0.15, 0.2) is 0 Å². The van der Waals surface area contributed by atoms with E-state index in [0.29, 0.717) is 12.2 Å². The SMILES string of the molecule is CCOC(=O)C(C)c1c[c]c(F)cc1Cl. The summed E-state index contributed by atoms with van der Waals surface area (Å²) in [5.74, 6) is -1.42. The largest absolute Gasteiger partial charge is 0.466 e. The van der Waals surface area contributed by atoms with E-state index in [1.54, 1.807) is 13.8 Å². The summed E-state index contributed by atoms with van der Waals surface area (Å²) in [5.41, 5.74) is 0.525. The fourth-order valence-corrected chi connectivity index (χ4v) is 1.49. The number of rotatable bonds is 3. The molecule has 2 nitrogen and oxygen atoms in total. The normalized spacial score (nSPS) is 12.3. The van der Waals surface area contributed by atoms with Crippen molar-refractivity contribution in [2.45, 2.75) is 19.8 Å². The molecular weight excluding hydrogens is 219 g/mol. The number of esters is 1. The van der Waals surface area contributed by atoms with Crippen molar-refractivity contribution >= 4 is 17.6 Å². The number of benzene rings is 1. The smallest absolute Gasteiger partial charge is 0.313 e. The molecule has 0 aliphatic rings. The third kappa shape index (κ3) is 2.93. The monoisotopic (exact) mass is 229 g/mol. The van der Waals surface area contributed by atoms with Crippen LogP contribution in [0.3, 0.4) is 0 Å².